The molecule has 4 heterocycles. The molecule has 4 aromatic rings. The van der Waals surface area contributed by atoms with Gasteiger partial charge in [0.2, 0.25) is 0 Å². The summed E-state index contributed by atoms with van der Waals surface area (Å²) in [6, 6.07) is 13.5. The predicted octanol–water partition coefficient (Wildman–Crippen LogP) is 2.90. The van der Waals surface area contributed by atoms with Gasteiger partial charge in [0.25, 0.3) is 0 Å². The lowest BCUT2D eigenvalue weighted by Crippen LogP contribution is -2.16. The molecule has 0 spiro atoms. The van der Waals surface area contributed by atoms with Crippen LogP contribution in [-0.4, -0.2) is 30.9 Å². The summed E-state index contributed by atoms with van der Waals surface area (Å²) in [5, 5.41) is 0. The van der Waals surface area contributed by atoms with E-state index < -0.39 is 0 Å². The first-order valence-corrected chi connectivity index (χ1v) is 9.37. The second-order valence-electron chi connectivity index (χ2n) is 6.74. The molecule has 0 saturated carbocycles. The smallest absolute Gasteiger partial charge is 0.145 e. The molecular formula is C21H23N7. The Balaban J connectivity index is 1.88. The van der Waals surface area contributed by atoms with Crippen LogP contribution in [0.25, 0.3) is 28.4 Å². The summed E-state index contributed by atoms with van der Waals surface area (Å²) in [4.78, 5) is 18.6. The Morgan fingerprint density at radius 1 is 1.00 bits per heavy atom. The van der Waals surface area contributed by atoms with E-state index >= 15 is 0 Å². The van der Waals surface area contributed by atoms with Crippen molar-refractivity contribution >= 4 is 5.65 Å². The van der Waals surface area contributed by atoms with Gasteiger partial charge in [0.05, 0.1) is 17.4 Å². The van der Waals surface area contributed by atoms with E-state index in [0.29, 0.717) is 12.4 Å². The predicted molar refractivity (Wildman–Crippen MR) is 109 cm³/mol. The molecule has 0 aliphatic rings. The highest BCUT2D eigenvalue weighted by atomic mass is 15.0. The molecule has 4 rings (SSSR count). The normalized spacial score (nSPS) is 12.4. The van der Waals surface area contributed by atoms with Crippen molar-refractivity contribution in [2.45, 2.75) is 25.8 Å². The average Bonchev–Trinajstić information content (AvgIpc) is 3.12. The van der Waals surface area contributed by atoms with E-state index in [9.17, 15) is 0 Å². The Morgan fingerprint density at radius 3 is 2.71 bits per heavy atom. The zero-order valence-corrected chi connectivity index (χ0v) is 15.8. The Bertz CT molecular complexity index is 1100. The molecule has 0 fully saturated rings. The number of hydrogen-bond acceptors (Lipinski definition) is 6. The Morgan fingerprint density at radius 2 is 1.89 bits per heavy atom. The summed E-state index contributed by atoms with van der Waals surface area (Å²) in [7, 11) is 0. The quantitative estimate of drug-likeness (QED) is 0.538. The minimum atomic E-state index is -0.247. The fraction of sp³-hybridized carbons (Fsp3) is 0.238. The van der Waals surface area contributed by atoms with Crippen LogP contribution in [0.1, 0.15) is 30.4 Å². The largest absolute Gasteiger partial charge is 0.330 e. The second kappa shape index (κ2) is 7.84. The van der Waals surface area contributed by atoms with Gasteiger partial charge in [0, 0.05) is 18.1 Å². The highest BCUT2D eigenvalue weighted by Gasteiger charge is 2.19. The second-order valence-corrected chi connectivity index (χ2v) is 6.74. The van der Waals surface area contributed by atoms with Crippen molar-refractivity contribution in [2.75, 3.05) is 6.54 Å². The van der Waals surface area contributed by atoms with E-state index in [1.807, 2.05) is 60.0 Å². The molecule has 0 aliphatic carbocycles. The van der Waals surface area contributed by atoms with Crippen molar-refractivity contribution in [2.24, 2.45) is 11.5 Å². The van der Waals surface area contributed by atoms with Crippen molar-refractivity contribution in [3.05, 3.63) is 66.4 Å². The van der Waals surface area contributed by atoms with E-state index in [1.54, 1.807) is 6.20 Å². The minimum Gasteiger partial charge on any atom is -0.330 e. The first-order chi connectivity index (χ1) is 13.7. The van der Waals surface area contributed by atoms with E-state index in [-0.39, 0.29) is 6.04 Å². The molecule has 7 nitrogen and oxygen atoms in total. The van der Waals surface area contributed by atoms with Crippen molar-refractivity contribution in [3.63, 3.8) is 0 Å². The monoisotopic (exact) mass is 373 g/mol. The Kier molecular flexibility index (Phi) is 5.10. The number of fused-ring (bicyclic) bond motifs is 1. The summed E-state index contributed by atoms with van der Waals surface area (Å²) in [5.41, 5.74) is 16.9. The molecule has 7 heteroatoms. The Hall–Kier alpha value is -3.16. The van der Waals surface area contributed by atoms with Gasteiger partial charge in [-0.1, -0.05) is 12.1 Å². The summed E-state index contributed by atoms with van der Waals surface area (Å²) < 4.78 is 2.02. The highest BCUT2D eigenvalue weighted by Crippen LogP contribution is 2.31. The Labute approximate surface area is 163 Å². The van der Waals surface area contributed by atoms with Gasteiger partial charge in [-0.3, -0.25) is 9.38 Å². The molecule has 0 bridgehead atoms. The number of aromatic nitrogens is 5. The molecular weight excluding hydrogens is 350 g/mol. The highest BCUT2D eigenvalue weighted by molar-refractivity contribution is 5.78. The SMILES string of the molecule is Cc1cccc(-c2nc3ccccn3c2-c2ccnc(C(N)CCCN)n2)n1. The van der Waals surface area contributed by atoms with Crippen molar-refractivity contribution in [1.29, 1.82) is 0 Å². The van der Waals surface area contributed by atoms with Gasteiger partial charge in [-0.05, 0) is 56.6 Å². The molecule has 0 aromatic carbocycles. The first kappa shape index (κ1) is 18.2. The molecule has 4 aromatic heterocycles. The molecule has 28 heavy (non-hydrogen) atoms. The maximum Gasteiger partial charge on any atom is 0.145 e. The van der Waals surface area contributed by atoms with Crippen molar-refractivity contribution in [1.82, 2.24) is 24.3 Å². The van der Waals surface area contributed by atoms with Crippen LogP contribution >= 0.6 is 0 Å². The van der Waals surface area contributed by atoms with Gasteiger partial charge in [-0.25, -0.2) is 15.0 Å². The lowest BCUT2D eigenvalue weighted by Gasteiger charge is -2.11. The third-order valence-corrected chi connectivity index (χ3v) is 4.63. The van der Waals surface area contributed by atoms with Crippen molar-refractivity contribution < 1.29 is 0 Å². The van der Waals surface area contributed by atoms with Gasteiger partial charge in [-0.2, -0.15) is 0 Å². The standard InChI is InChI=1S/C21H23N7/c1-14-6-4-8-16(25-14)19-20(28-13-3-2-9-18(28)27-19)17-10-12-24-21(26-17)15(23)7-5-11-22/h2-4,6,8-10,12-13,15H,5,7,11,22-23H2,1H3. The number of hydrogen-bond donors (Lipinski definition) is 2. The number of aryl methyl sites for hydroxylation is 1. The van der Waals surface area contributed by atoms with Gasteiger partial charge < -0.3 is 11.5 Å². The molecule has 0 amide bonds. The molecule has 0 radical (unpaired) electrons. The summed E-state index contributed by atoms with van der Waals surface area (Å²) in [6.45, 7) is 2.57. The molecule has 1 unspecified atom stereocenters. The third-order valence-electron chi connectivity index (χ3n) is 4.63. The van der Waals surface area contributed by atoms with E-state index in [0.717, 1.165) is 47.0 Å². The van der Waals surface area contributed by atoms with E-state index in [4.69, 9.17) is 21.4 Å². The molecule has 142 valence electrons. The number of rotatable bonds is 6. The van der Waals surface area contributed by atoms with Crippen LogP contribution in [0.4, 0.5) is 0 Å². The van der Waals surface area contributed by atoms with Crippen LogP contribution < -0.4 is 11.5 Å². The maximum atomic E-state index is 6.27. The molecule has 1 atom stereocenters. The topological polar surface area (TPSA) is 108 Å². The number of nitrogens with two attached hydrogens (primary N) is 2. The minimum absolute atomic E-state index is 0.247. The zero-order chi connectivity index (χ0) is 19.5. The molecule has 0 aliphatic heterocycles. The van der Waals surface area contributed by atoms with E-state index in [1.165, 1.54) is 0 Å². The van der Waals surface area contributed by atoms with Gasteiger partial charge in [0.15, 0.2) is 0 Å². The van der Waals surface area contributed by atoms with Crippen LogP contribution in [0.5, 0.6) is 0 Å². The third kappa shape index (κ3) is 3.49. The molecule has 4 N–H and O–H groups in total. The lowest BCUT2D eigenvalue weighted by molar-refractivity contribution is 0.587. The number of pyridine rings is 2. The first-order valence-electron chi connectivity index (χ1n) is 9.37. The van der Waals surface area contributed by atoms with Crippen LogP contribution in [-0.2, 0) is 0 Å². The van der Waals surface area contributed by atoms with Crippen LogP contribution in [0.2, 0.25) is 0 Å². The fourth-order valence-electron chi connectivity index (χ4n) is 3.25. The fourth-order valence-corrected chi connectivity index (χ4v) is 3.25. The number of imidazole rings is 1. The van der Waals surface area contributed by atoms with Crippen LogP contribution in [0, 0.1) is 6.92 Å². The lowest BCUT2D eigenvalue weighted by atomic mass is 10.1. The van der Waals surface area contributed by atoms with Crippen LogP contribution in [0.3, 0.4) is 0 Å². The van der Waals surface area contributed by atoms with E-state index in [2.05, 4.69) is 9.97 Å². The average molecular weight is 373 g/mol. The van der Waals surface area contributed by atoms with Gasteiger partial charge in [-0.15, -0.1) is 0 Å². The van der Waals surface area contributed by atoms with Gasteiger partial charge in [0.1, 0.15) is 22.9 Å². The van der Waals surface area contributed by atoms with Gasteiger partial charge >= 0.3 is 0 Å². The zero-order valence-electron chi connectivity index (χ0n) is 15.8. The summed E-state index contributed by atoms with van der Waals surface area (Å²) >= 11 is 0. The number of nitrogens with zero attached hydrogens (tertiary/aromatic N) is 5. The maximum absolute atomic E-state index is 6.27. The molecule has 0 saturated heterocycles. The summed E-state index contributed by atoms with van der Waals surface area (Å²) in [5.74, 6) is 0.611. The van der Waals surface area contributed by atoms with Crippen LogP contribution in [0.15, 0.2) is 54.9 Å². The summed E-state index contributed by atoms with van der Waals surface area (Å²) in [6.07, 6.45) is 5.31. The van der Waals surface area contributed by atoms with Crippen molar-refractivity contribution in [3.8, 4) is 22.8 Å².